The number of hydrogen-bond donors (Lipinski definition) is 0. The summed E-state index contributed by atoms with van der Waals surface area (Å²) in [5, 5.41) is 0. The van der Waals surface area contributed by atoms with Gasteiger partial charge in [-0.1, -0.05) is 0 Å². The Morgan fingerprint density at radius 3 is 1.92 bits per heavy atom. The van der Waals surface area contributed by atoms with Gasteiger partial charge in [0.25, 0.3) is 5.91 Å². The molecule has 1 rings (SSSR count). The van der Waals surface area contributed by atoms with E-state index in [1.54, 1.807) is 0 Å². The van der Waals surface area contributed by atoms with E-state index in [0.717, 1.165) is 29.2 Å². The zero-order chi connectivity index (χ0) is 19.4. The predicted octanol–water partition coefficient (Wildman–Crippen LogP) is 3.39. The monoisotopic (exact) mass is 388 g/mol. The zero-order valence-corrected chi connectivity index (χ0v) is 13.9. The normalized spacial score (nSPS) is 12.0. The smallest absolute Gasteiger partial charge is 0.347 e. The predicted molar refractivity (Wildman–Crippen MR) is 79.0 cm³/mol. The lowest BCUT2D eigenvalue weighted by atomic mass is 10.2. The van der Waals surface area contributed by atoms with E-state index in [9.17, 15) is 35.9 Å². The van der Waals surface area contributed by atoms with E-state index < -0.39 is 48.4 Å². The van der Waals surface area contributed by atoms with Crippen molar-refractivity contribution in [2.24, 2.45) is 0 Å². The molecule has 1 aromatic rings. The highest BCUT2D eigenvalue weighted by Crippen LogP contribution is 2.36. The first-order valence-corrected chi connectivity index (χ1v) is 7.52. The Hall–Kier alpha value is -1.91. The average Bonchev–Trinajstić information content (AvgIpc) is 2.43. The molecule has 0 fully saturated rings. The largest absolute Gasteiger partial charge is 0.446 e. The van der Waals surface area contributed by atoms with E-state index >= 15 is 0 Å². The van der Waals surface area contributed by atoms with E-state index in [-0.39, 0.29) is 10.5 Å². The summed E-state index contributed by atoms with van der Waals surface area (Å²) in [7, 11) is 2.64. The first kappa shape index (κ1) is 21.1. The third-order valence-corrected chi connectivity index (χ3v) is 3.56. The van der Waals surface area contributed by atoms with Crippen LogP contribution in [0.1, 0.15) is 10.4 Å². The molecule has 140 valence electrons. The fourth-order valence-corrected chi connectivity index (χ4v) is 2.24. The molecule has 0 heterocycles. The molecule has 4 nitrogen and oxygen atoms in total. The van der Waals surface area contributed by atoms with Crippen molar-refractivity contribution in [3.8, 4) is 0 Å². The third-order valence-electron chi connectivity index (χ3n) is 2.82. The average molecular weight is 388 g/mol. The number of alkyl halides is 6. The molecule has 0 bridgehead atoms. The SMILES string of the molecule is CN(C)C(=O)CN(CC(F)(F)F)C(=O)c1ccc(SC(F)(F)F)cc1. The highest BCUT2D eigenvalue weighted by molar-refractivity contribution is 8.00. The maximum atomic E-state index is 12.6. The van der Waals surface area contributed by atoms with Crippen LogP contribution >= 0.6 is 11.8 Å². The Balaban J connectivity index is 2.97. The van der Waals surface area contributed by atoms with Gasteiger partial charge in [-0.15, -0.1) is 0 Å². The Morgan fingerprint density at radius 2 is 1.52 bits per heavy atom. The van der Waals surface area contributed by atoms with Gasteiger partial charge >= 0.3 is 11.7 Å². The van der Waals surface area contributed by atoms with Crippen LogP contribution in [0, 0.1) is 0 Å². The minimum atomic E-state index is -4.73. The van der Waals surface area contributed by atoms with Gasteiger partial charge in [-0.05, 0) is 36.0 Å². The van der Waals surface area contributed by atoms with E-state index in [4.69, 9.17) is 0 Å². The van der Waals surface area contributed by atoms with Gasteiger partial charge in [-0.25, -0.2) is 0 Å². The minimum absolute atomic E-state index is 0.212. The molecule has 0 unspecified atom stereocenters. The second-order valence-electron chi connectivity index (χ2n) is 5.14. The molecule has 0 aliphatic carbocycles. The van der Waals surface area contributed by atoms with Gasteiger partial charge in [0.05, 0.1) is 0 Å². The zero-order valence-electron chi connectivity index (χ0n) is 13.1. The van der Waals surface area contributed by atoms with Gasteiger partial charge in [0.2, 0.25) is 5.91 Å². The molecule has 1 aromatic carbocycles. The molecular formula is C14H14F6N2O2S. The van der Waals surface area contributed by atoms with Gasteiger partial charge in [-0.2, -0.15) is 26.3 Å². The van der Waals surface area contributed by atoms with Gasteiger partial charge in [0.1, 0.15) is 13.1 Å². The number of hydrogen-bond acceptors (Lipinski definition) is 3. The third kappa shape index (κ3) is 7.67. The standard InChI is InChI=1S/C14H14F6N2O2S/c1-21(2)11(23)7-22(8-13(15,16)17)12(24)9-3-5-10(6-4-9)25-14(18,19)20/h3-6H,7-8H2,1-2H3. The summed E-state index contributed by atoms with van der Waals surface area (Å²) in [5.74, 6) is -1.82. The van der Waals surface area contributed by atoms with E-state index in [1.807, 2.05) is 0 Å². The van der Waals surface area contributed by atoms with Crippen molar-refractivity contribution in [2.75, 3.05) is 27.2 Å². The Labute approximate surface area is 143 Å². The van der Waals surface area contributed by atoms with Crippen LogP contribution in [0.4, 0.5) is 26.3 Å². The van der Waals surface area contributed by atoms with Crippen LogP contribution < -0.4 is 0 Å². The highest BCUT2D eigenvalue weighted by Gasteiger charge is 2.35. The van der Waals surface area contributed by atoms with Gasteiger partial charge in [0, 0.05) is 24.6 Å². The van der Waals surface area contributed by atoms with Crippen molar-refractivity contribution in [1.82, 2.24) is 9.80 Å². The fraction of sp³-hybridized carbons (Fsp3) is 0.429. The lowest BCUT2D eigenvalue weighted by molar-refractivity contribution is -0.146. The van der Waals surface area contributed by atoms with E-state index in [0.29, 0.717) is 4.90 Å². The van der Waals surface area contributed by atoms with Crippen molar-refractivity contribution >= 4 is 23.6 Å². The maximum absolute atomic E-state index is 12.6. The highest BCUT2D eigenvalue weighted by atomic mass is 32.2. The van der Waals surface area contributed by atoms with Crippen molar-refractivity contribution < 1.29 is 35.9 Å². The van der Waals surface area contributed by atoms with Crippen LogP contribution in [-0.2, 0) is 4.79 Å². The Bertz CT molecular complexity index is 613. The summed E-state index contributed by atoms with van der Waals surface area (Å²) in [4.78, 5) is 24.9. The van der Waals surface area contributed by atoms with E-state index in [2.05, 4.69) is 0 Å². The molecule has 0 saturated carbocycles. The molecule has 0 radical (unpaired) electrons. The summed E-state index contributed by atoms with van der Waals surface area (Å²) in [6.45, 7) is -2.45. The molecule has 11 heteroatoms. The molecule has 0 saturated heterocycles. The molecule has 0 aliphatic rings. The summed E-state index contributed by atoms with van der Waals surface area (Å²) in [6, 6.07) is 3.93. The molecule has 0 N–H and O–H groups in total. The van der Waals surface area contributed by atoms with Gasteiger partial charge in [0.15, 0.2) is 0 Å². The number of carbonyl (C=O) groups excluding carboxylic acids is 2. The minimum Gasteiger partial charge on any atom is -0.347 e. The first-order valence-electron chi connectivity index (χ1n) is 6.70. The molecule has 0 aliphatic heterocycles. The van der Waals surface area contributed by atoms with Crippen LogP contribution in [0.5, 0.6) is 0 Å². The second kappa shape index (κ2) is 7.98. The Morgan fingerprint density at radius 1 is 1.00 bits per heavy atom. The first-order chi connectivity index (χ1) is 11.3. The molecule has 2 amide bonds. The van der Waals surface area contributed by atoms with Crippen molar-refractivity contribution in [3.63, 3.8) is 0 Å². The summed E-state index contributed by atoms with van der Waals surface area (Å²) >= 11 is -0.412. The van der Waals surface area contributed by atoms with Crippen LogP contribution in [0.15, 0.2) is 29.2 Å². The number of nitrogens with zero attached hydrogens (tertiary/aromatic N) is 2. The number of thioether (sulfide) groups is 1. The van der Waals surface area contributed by atoms with Crippen LogP contribution in [0.2, 0.25) is 0 Å². The number of carbonyl (C=O) groups is 2. The number of halogens is 6. The number of likely N-dealkylation sites (N-methyl/N-ethyl adjacent to an activating group) is 1. The summed E-state index contributed by atoms with van der Waals surface area (Å²) in [5.41, 5.74) is -4.77. The number of benzene rings is 1. The molecule has 25 heavy (non-hydrogen) atoms. The fourth-order valence-electron chi connectivity index (χ4n) is 1.70. The van der Waals surface area contributed by atoms with Gasteiger partial charge in [-0.3, -0.25) is 9.59 Å². The van der Waals surface area contributed by atoms with Crippen LogP contribution in [0.3, 0.4) is 0 Å². The quantitative estimate of drug-likeness (QED) is 0.574. The van der Waals surface area contributed by atoms with Crippen molar-refractivity contribution in [3.05, 3.63) is 29.8 Å². The lowest BCUT2D eigenvalue weighted by Crippen LogP contribution is -2.44. The number of rotatable bonds is 5. The van der Waals surface area contributed by atoms with E-state index in [1.165, 1.54) is 14.1 Å². The van der Waals surface area contributed by atoms with Crippen molar-refractivity contribution in [2.45, 2.75) is 16.6 Å². The molecule has 0 spiro atoms. The van der Waals surface area contributed by atoms with Crippen molar-refractivity contribution in [1.29, 1.82) is 0 Å². The second-order valence-corrected chi connectivity index (χ2v) is 6.28. The van der Waals surface area contributed by atoms with Gasteiger partial charge < -0.3 is 9.80 Å². The summed E-state index contributed by atoms with van der Waals surface area (Å²) < 4.78 is 74.7. The summed E-state index contributed by atoms with van der Waals surface area (Å²) in [6.07, 6.45) is -4.73. The Kier molecular flexibility index (Phi) is 6.75. The molecule has 0 aromatic heterocycles. The molecule has 0 atom stereocenters. The molecular weight excluding hydrogens is 374 g/mol. The number of amides is 2. The van der Waals surface area contributed by atoms with Crippen LogP contribution in [0.25, 0.3) is 0 Å². The topological polar surface area (TPSA) is 40.6 Å². The van der Waals surface area contributed by atoms with Crippen LogP contribution in [-0.4, -0.2) is 60.5 Å². The lowest BCUT2D eigenvalue weighted by Gasteiger charge is -2.25. The maximum Gasteiger partial charge on any atom is 0.446 e.